The van der Waals surface area contributed by atoms with E-state index >= 15 is 0 Å². The lowest BCUT2D eigenvalue weighted by atomic mass is 9.82. The van der Waals surface area contributed by atoms with Crippen LogP contribution in [0.3, 0.4) is 0 Å². The summed E-state index contributed by atoms with van der Waals surface area (Å²) in [5, 5.41) is 0. The van der Waals surface area contributed by atoms with Gasteiger partial charge in [0.05, 0.1) is 0 Å². The maximum absolute atomic E-state index is 14.1. The highest BCUT2D eigenvalue weighted by Crippen LogP contribution is 2.37. The second kappa shape index (κ2) is 13.6. The van der Waals surface area contributed by atoms with Gasteiger partial charge < -0.3 is 0 Å². The van der Waals surface area contributed by atoms with Gasteiger partial charge >= 0.3 is 0 Å². The standard InChI is InChI=1S/C30H40F2/c1-2-3-4-5-6-7-8-9-10-11-13-24-16-18-25(19-17-24)26-20-22-27(23-21-26)28-14-12-15-29(31)30(28)32/h12,14-19,22,26H,2-11,13,20-21,23H2,1H3. The Labute approximate surface area is 194 Å². The number of hydrogen-bond donors (Lipinski definition) is 0. The number of unbranched alkanes of at least 4 members (excludes halogenated alkanes) is 9. The highest BCUT2D eigenvalue weighted by molar-refractivity contribution is 5.67. The summed E-state index contributed by atoms with van der Waals surface area (Å²) in [4.78, 5) is 0. The third-order valence-corrected chi connectivity index (χ3v) is 6.98. The number of halogens is 2. The van der Waals surface area contributed by atoms with Crippen molar-refractivity contribution in [2.75, 3.05) is 0 Å². The van der Waals surface area contributed by atoms with Crippen LogP contribution in [0.15, 0.2) is 48.5 Å². The first-order valence-corrected chi connectivity index (χ1v) is 12.9. The number of allylic oxidation sites excluding steroid dienone is 2. The molecule has 0 aliphatic heterocycles. The molecule has 2 aromatic carbocycles. The predicted octanol–water partition coefficient (Wildman–Crippen LogP) is 9.78. The molecule has 0 saturated carbocycles. The van der Waals surface area contributed by atoms with Crippen molar-refractivity contribution in [3.8, 4) is 0 Å². The molecule has 1 atom stereocenters. The van der Waals surface area contributed by atoms with Crippen molar-refractivity contribution in [1.82, 2.24) is 0 Å². The molecule has 0 saturated heterocycles. The van der Waals surface area contributed by atoms with Crippen LogP contribution in [0.5, 0.6) is 0 Å². The van der Waals surface area contributed by atoms with E-state index in [1.54, 1.807) is 12.1 Å². The highest BCUT2D eigenvalue weighted by Gasteiger charge is 2.20. The third kappa shape index (κ3) is 7.57. The Morgan fingerprint density at radius 1 is 0.781 bits per heavy atom. The molecule has 1 aliphatic rings. The fourth-order valence-corrected chi connectivity index (χ4v) is 4.91. The molecule has 0 heterocycles. The van der Waals surface area contributed by atoms with Crippen molar-refractivity contribution >= 4 is 5.57 Å². The number of hydrogen-bond acceptors (Lipinski definition) is 0. The summed E-state index contributed by atoms with van der Waals surface area (Å²) < 4.78 is 27.6. The van der Waals surface area contributed by atoms with Gasteiger partial charge in [0, 0.05) is 5.56 Å². The maximum atomic E-state index is 14.1. The molecule has 3 rings (SSSR count). The smallest absolute Gasteiger partial charge is 0.166 e. The van der Waals surface area contributed by atoms with E-state index in [1.165, 1.54) is 87.8 Å². The van der Waals surface area contributed by atoms with E-state index < -0.39 is 11.6 Å². The minimum absolute atomic E-state index is 0.426. The molecule has 2 aromatic rings. The van der Waals surface area contributed by atoms with Crippen LogP contribution in [-0.2, 0) is 6.42 Å². The normalized spacial score (nSPS) is 16.2. The van der Waals surface area contributed by atoms with Crippen molar-refractivity contribution in [2.24, 2.45) is 0 Å². The van der Waals surface area contributed by atoms with Gasteiger partial charge in [0.25, 0.3) is 0 Å². The van der Waals surface area contributed by atoms with E-state index in [0.29, 0.717) is 11.5 Å². The highest BCUT2D eigenvalue weighted by atomic mass is 19.2. The van der Waals surface area contributed by atoms with E-state index in [2.05, 4.69) is 37.3 Å². The second-order valence-electron chi connectivity index (χ2n) is 9.48. The summed E-state index contributed by atoms with van der Waals surface area (Å²) in [6, 6.07) is 13.6. The van der Waals surface area contributed by atoms with E-state index in [9.17, 15) is 8.78 Å². The lowest BCUT2D eigenvalue weighted by molar-refractivity contribution is 0.505. The Balaban J connectivity index is 1.36. The van der Waals surface area contributed by atoms with Gasteiger partial charge in [-0.15, -0.1) is 0 Å². The lowest BCUT2D eigenvalue weighted by Gasteiger charge is -2.23. The number of benzene rings is 2. The van der Waals surface area contributed by atoms with Crippen molar-refractivity contribution in [1.29, 1.82) is 0 Å². The van der Waals surface area contributed by atoms with Crippen LogP contribution in [0.1, 0.15) is 113 Å². The first-order valence-electron chi connectivity index (χ1n) is 12.9. The quantitative estimate of drug-likeness (QED) is 0.273. The van der Waals surface area contributed by atoms with Crippen LogP contribution in [0.25, 0.3) is 5.57 Å². The monoisotopic (exact) mass is 438 g/mol. The summed E-state index contributed by atoms with van der Waals surface area (Å²) in [6.07, 6.45) is 19.7. The van der Waals surface area contributed by atoms with Gasteiger partial charge in [0.2, 0.25) is 0 Å². The minimum atomic E-state index is -0.761. The Bertz CT molecular complexity index is 834. The van der Waals surface area contributed by atoms with E-state index in [-0.39, 0.29) is 0 Å². The summed E-state index contributed by atoms with van der Waals surface area (Å²) in [5.74, 6) is -1.00. The Kier molecular flexibility index (Phi) is 10.5. The maximum Gasteiger partial charge on any atom is 0.166 e. The van der Waals surface area contributed by atoms with Crippen molar-refractivity contribution in [2.45, 2.75) is 103 Å². The molecule has 1 unspecified atom stereocenters. The fourth-order valence-electron chi connectivity index (χ4n) is 4.91. The zero-order chi connectivity index (χ0) is 22.6. The predicted molar refractivity (Wildman–Crippen MR) is 133 cm³/mol. The molecule has 0 radical (unpaired) electrons. The average Bonchev–Trinajstić information content (AvgIpc) is 2.83. The molecule has 0 amide bonds. The van der Waals surface area contributed by atoms with Crippen molar-refractivity contribution in [3.05, 3.63) is 76.9 Å². The van der Waals surface area contributed by atoms with Gasteiger partial charge in [0.15, 0.2) is 11.6 Å². The molecule has 174 valence electrons. The van der Waals surface area contributed by atoms with Crippen molar-refractivity contribution in [3.63, 3.8) is 0 Å². The molecule has 2 heteroatoms. The summed E-state index contributed by atoms with van der Waals surface area (Å²) >= 11 is 0. The number of aryl methyl sites for hydroxylation is 1. The second-order valence-corrected chi connectivity index (χ2v) is 9.48. The molecule has 0 N–H and O–H groups in total. The van der Waals surface area contributed by atoms with Crippen LogP contribution in [0, 0.1) is 11.6 Å². The van der Waals surface area contributed by atoms with E-state index in [1.807, 2.05) is 0 Å². The SMILES string of the molecule is CCCCCCCCCCCCc1ccc(C2CC=C(c3cccc(F)c3F)CC2)cc1. The summed E-state index contributed by atoms with van der Waals surface area (Å²) in [5.41, 5.74) is 4.17. The van der Waals surface area contributed by atoms with Crippen LogP contribution in [0.2, 0.25) is 0 Å². The molecule has 0 spiro atoms. The third-order valence-electron chi connectivity index (χ3n) is 6.98. The molecule has 0 aromatic heterocycles. The molecular weight excluding hydrogens is 398 g/mol. The minimum Gasteiger partial charge on any atom is -0.204 e. The molecular formula is C30H40F2. The van der Waals surface area contributed by atoms with Gasteiger partial charge in [-0.05, 0) is 60.8 Å². The fraction of sp³-hybridized carbons (Fsp3) is 0.533. The molecule has 1 aliphatic carbocycles. The average molecular weight is 439 g/mol. The van der Waals surface area contributed by atoms with Gasteiger partial charge in [-0.1, -0.05) is 107 Å². The largest absolute Gasteiger partial charge is 0.204 e. The summed E-state index contributed by atoms with van der Waals surface area (Å²) in [6.45, 7) is 2.27. The lowest BCUT2D eigenvalue weighted by Crippen LogP contribution is -2.05. The van der Waals surface area contributed by atoms with Gasteiger partial charge in [-0.2, -0.15) is 0 Å². The topological polar surface area (TPSA) is 0 Å². The van der Waals surface area contributed by atoms with Crippen LogP contribution in [0.4, 0.5) is 8.78 Å². The van der Waals surface area contributed by atoms with Crippen molar-refractivity contribution < 1.29 is 8.78 Å². The van der Waals surface area contributed by atoms with Gasteiger partial charge in [-0.25, -0.2) is 8.78 Å². The van der Waals surface area contributed by atoms with Gasteiger partial charge in [-0.3, -0.25) is 0 Å². The van der Waals surface area contributed by atoms with Crippen LogP contribution >= 0.6 is 0 Å². The molecule has 0 bridgehead atoms. The van der Waals surface area contributed by atoms with Crippen LogP contribution < -0.4 is 0 Å². The zero-order valence-corrected chi connectivity index (χ0v) is 19.9. The first-order chi connectivity index (χ1) is 15.7. The van der Waals surface area contributed by atoms with E-state index in [0.717, 1.165) is 24.8 Å². The Hall–Kier alpha value is -1.96. The van der Waals surface area contributed by atoms with E-state index in [4.69, 9.17) is 0 Å². The zero-order valence-electron chi connectivity index (χ0n) is 19.9. The number of rotatable bonds is 13. The van der Waals surface area contributed by atoms with Gasteiger partial charge in [0.1, 0.15) is 0 Å². The molecule has 0 nitrogen and oxygen atoms in total. The molecule has 0 fully saturated rings. The summed E-state index contributed by atoms with van der Waals surface area (Å²) in [7, 11) is 0. The Morgan fingerprint density at radius 2 is 1.44 bits per heavy atom. The Morgan fingerprint density at radius 3 is 2.06 bits per heavy atom. The van der Waals surface area contributed by atoms with Crippen LogP contribution in [-0.4, -0.2) is 0 Å². The molecule has 32 heavy (non-hydrogen) atoms. The first kappa shape index (κ1) is 24.7.